The maximum Gasteiger partial charge on any atom is 0.280 e. The Hall–Kier alpha value is -3.17. The zero-order chi connectivity index (χ0) is 22.3. The van der Waals surface area contributed by atoms with Gasteiger partial charge in [-0.25, -0.2) is 22.5 Å². The highest BCUT2D eigenvalue weighted by Crippen LogP contribution is 2.50. The molecule has 0 saturated heterocycles. The molecule has 2 atom stereocenters. The van der Waals surface area contributed by atoms with E-state index in [9.17, 15) is 22.4 Å². The van der Waals surface area contributed by atoms with Crippen LogP contribution < -0.4 is 15.8 Å². The molecule has 1 aromatic heterocycles. The molecule has 1 aromatic carbocycles. The van der Waals surface area contributed by atoms with Gasteiger partial charge in [0.15, 0.2) is 11.2 Å². The number of aliphatic imine (C=N–C) groups is 1. The maximum atomic E-state index is 14.8. The number of pyridine rings is 1. The van der Waals surface area contributed by atoms with Gasteiger partial charge in [0, 0.05) is 11.3 Å². The highest BCUT2D eigenvalue weighted by atomic mass is 19.3. The Morgan fingerprint density at radius 1 is 1.20 bits per heavy atom. The van der Waals surface area contributed by atoms with Crippen molar-refractivity contribution in [2.45, 2.75) is 37.4 Å². The largest absolute Gasteiger partial charge is 0.495 e. The lowest BCUT2D eigenvalue weighted by Crippen LogP contribution is -2.56. The summed E-state index contributed by atoms with van der Waals surface area (Å²) in [7, 11) is 1.44. The SMILES string of the molecule is COc1ccc(C(=O)Nc2ccc(F)c([C@@]3(C)N=C(N)[C@@](C)(F)CC3(F)F)c2)nc1. The molecule has 1 amide bonds. The fourth-order valence-corrected chi connectivity index (χ4v) is 3.18. The lowest BCUT2D eigenvalue weighted by Gasteiger charge is -2.42. The topological polar surface area (TPSA) is 89.6 Å². The molecule has 0 fully saturated rings. The summed E-state index contributed by atoms with van der Waals surface area (Å²) in [5.41, 5.74) is 0.118. The number of ether oxygens (including phenoxy) is 1. The van der Waals surface area contributed by atoms with E-state index in [2.05, 4.69) is 15.3 Å². The Balaban J connectivity index is 1.97. The number of nitrogens with one attached hydrogen (secondary N) is 1. The summed E-state index contributed by atoms with van der Waals surface area (Å²) in [6.07, 6.45) is 0.0811. The molecule has 2 aromatic rings. The monoisotopic (exact) mass is 424 g/mol. The average Bonchev–Trinajstić information content (AvgIpc) is 2.67. The summed E-state index contributed by atoms with van der Waals surface area (Å²) >= 11 is 0. The van der Waals surface area contributed by atoms with Crippen LogP contribution in [0, 0.1) is 5.82 Å². The first-order chi connectivity index (χ1) is 13.9. The number of nitrogens with zero attached hydrogens (tertiary/aromatic N) is 2. The number of alkyl halides is 3. The van der Waals surface area contributed by atoms with Gasteiger partial charge in [-0.3, -0.25) is 9.79 Å². The Morgan fingerprint density at radius 3 is 2.50 bits per heavy atom. The van der Waals surface area contributed by atoms with Gasteiger partial charge in [0.05, 0.1) is 19.7 Å². The minimum absolute atomic E-state index is 0.0337. The Bertz CT molecular complexity index is 1010. The second-order valence-electron chi connectivity index (χ2n) is 7.38. The van der Waals surface area contributed by atoms with E-state index in [0.29, 0.717) is 5.75 Å². The van der Waals surface area contributed by atoms with E-state index in [-0.39, 0.29) is 11.4 Å². The van der Waals surface area contributed by atoms with Crippen LogP contribution in [0.5, 0.6) is 5.75 Å². The lowest BCUT2D eigenvalue weighted by atomic mass is 9.77. The number of carbonyl (C=O) groups is 1. The van der Waals surface area contributed by atoms with Gasteiger partial charge in [0.1, 0.15) is 23.1 Å². The number of methoxy groups -OCH3 is 1. The summed E-state index contributed by atoms with van der Waals surface area (Å²) in [5.74, 6) is -5.57. The number of rotatable bonds is 4. The maximum absolute atomic E-state index is 14.8. The second-order valence-corrected chi connectivity index (χ2v) is 7.38. The van der Waals surface area contributed by atoms with Crippen molar-refractivity contribution >= 4 is 17.4 Å². The van der Waals surface area contributed by atoms with Crippen molar-refractivity contribution in [1.82, 2.24) is 4.98 Å². The van der Waals surface area contributed by atoms with Crippen molar-refractivity contribution < 1.29 is 27.1 Å². The van der Waals surface area contributed by atoms with E-state index in [4.69, 9.17) is 10.5 Å². The highest BCUT2D eigenvalue weighted by molar-refractivity contribution is 6.03. The number of anilines is 1. The number of aromatic nitrogens is 1. The van der Waals surface area contributed by atoms with E-state index in [1.54, 1.807) is 0 Å². The van der Waals surface area contributed by atoms with Crippen molar-refractivity contribution in [3.63, 3.8) is 0 Å². The first kappa shape index (κ1) is 21.5. The number of amides is 1. The van der Waals surface area contributed by atoms with E-state index in [1.165, 1.54) is 31.5 Å². The van der Waals surface area contributed by atoms with E-state index < -0.39 is 46.7 Å². The summed E-state index contributed by atoms with van der Waals surface area (Å²) in [6, 6.07) is 6.08. The van der Waals surface area contributed by atoms with Gasteiger partial charge in [0.2, 0.25) is 0 Å². The van der Waals surface area contributed by atoms with E-state index >= 15 is 0 Å². The zero-order valence-electron chi connectivity index (χ0n) is 16.5. The third kappa shape index (κ3) is 3.69. The van der Waals surface area contributed by atoms with Gasteiger partial charge < -0.3 is 15.8 Å². The van der Waals surface area contributed by atoms with Crippen LogP contribution >= 0.6 is 0 Å². The van der Waals surface area contributed by atoms with Crippen molar-refractivity contribution in [3.05, 3.63) is 53.6 Å². The van der Waals surface area contributed by atoms with Gasteiger partial charge >= 0.3 is 0 Å². The number of hydrogen-bond acceptors (Lipinski definition) is 5. The minimum atomic E-state index is -3.74. The predicted octanol–water partition coefficient (Wildman–Crippen LogP) is 3.82. The first-order valence-corrected chi connectivity index (χ1v) is 8.93. The smallest absolute Gasteiger partial charge is 0.280 e. The normalized spacial score (nSPS) is 25.4. The van der Waals surface area contributed by atoms with Crippen LogP contribution in [0.15, 0.2) is 41.5 Å². The molecule has 30 heavy (non-hydrogen) atoms. The van der Waals surface area contributed by atoms with Crippen molar-refractivity contribution in [2.75, 3.05) is 12.4 Å². The van der Waals surface area contributed by atoms with Crippen LogP contribution in [0.25, 0.3) is 0 Å². The third-order valence-corrected chi connectivity index (χ3v) is 5.10. The Kier molecular flexibility index (Phi) is 5.21. The molecule has 3 N–H and O–H groups in total. The summed E-state index contributed by atoms with van der Waals surface area (Å²) in [4.78, 5) is 19.9. The number of benzene rings is 1. The third-order valence-electron chi connectivity index (χ3n) is 5.10. The fraction of sp³-hybridized carbons (Fsp3) is 0.350. The molecular formula is C20H20F4N4O2. The van der Waals surface area contributed by atoms with Crippen LogP contribution in [0.1, 0.15) is 36.3 Å². The fourth-order valence-electron chi connectivity index (χ4n) is 3.18. The molecule has 0 bridgehead atoms. The van der Waals surface area contributed by atoms with Crippen molar-refractivity contribution in [3.8, 4) is 5.75 Å². The Labute approximate surface area is 170 Å². The molecule has 1 aliphatic rings. The van der Waals surface area contributed by atoms with Gasteiger partial charge in [-0.2, -0.15) is 0 Å². The average molecular weight is 424 g/mol. The summed E-state index contributed by atoms with van der Waals surface area (Å²) < 4.78 is 63.5. The van der Waals surface area contributed by atoms with Crippen LogP contribution in [-0.4, -0.2) is 35.4 Å². The minimum Gasteiger partial charge on any atom is -0.495 e. The van der Waals surface area contributed by atoms with Crippen LogP contribution in [0.2, 0.25) is 0 Å². The van der Waals surface area contributed by atoms with Crippen LogP contribution in [0.4, 0.5) is 23.2 Å². The molecule has 0 spiro atoms. The van der Waals surface area contributed by atoms with Crippen molar-refractivity contribution in [1.29, 1.82) is 0 Å². The number of amidine groups is 1. The van der Waals surface area contributed by atoms with Gasteiger partial charge in [-0.15, -0.1) is 0 Å². The molecule has 0 aliphatic carbocycles. The molecule has 0 saturated carbocycles. The van der Waals surface area contributed by atoms with Crippen molar-refractivity contribution in [2.24, 2.45) is 10.7 Å². The van der Waals surface area contributed by atoms with Gasteiger partial charge in [-0.05, 0) is 44.2 Å². The van der Waals surface area contributed by atoms with Gasteiger partial charge in [-0.1, -0.05) is 0 Å². The Morgan fingerprint density at radius 2 is 1.90 bits per heavy atom. The quantitative estimate of drug-likeness (QED) is 0.731. The number of halogens is 4. The first-order valence-electron chi connectivity index (χ1n) is 8.93. The summed E-state index contributed by atoms with van der Waals surface area (Å²) in [6.45, 7) is 1.87. The molecule has 10 heteroatoms. The molecule has 0 radical (unpaired) electrons. The molecule has 6 nitrogen and oxygen atoms in total. The molecule has 1 aliphatic heterocycles. The summed E-state index contributed by atoms with van der Waals surface area (Å²) in [5, 5.41) is 2.47. The zero-order valence-corrected chi connectivity index (χ0v) is 16.5. The predicted molar refractivity (Wildman–Crippen MR) is 103 cm³/mol. The molecule has 2 heterocycles. The number of carbonyl (C=O) groups excluding carboxylic acids is 1. The molecule has 3 rings (SSSR count). The number of hydrogen-bond donors (Lipinski definition) is 2. The van der Waals surface area contributed by atoms with Crippen LogP contribution in [-0.2, 0) is 5.54 Å². The molecule has 0 unspecified atom stereocenters. The van der Waals surface area contributed by atoms with Gasteiger partial charge in [0.25, 0.3) is 11.8 Å². The highest BCUT2D eigenvalue weighted by Gasteiger charge is 2.60. The van der Waals surface area contributed by atoms with E-state index in [1.807, 2.05) is 0 Å². The number of nitrogens with two attached hydrogens (primary N) is 1. The molecule has 160 valence electrons. The van der Waals surface area contributed by atoms with E-state index in [0.717, 1.165) is 26.0 Å². The second kappa shape index (κ2) is 7.26. The van der Waals surface area contributed by atoms with Crippen LogP contribution in [0.3, 0.4) is 0 Å². The standard InChI is InChI=1S/C20H20F4N4O2/c1-18(22)10-20(23,24)19(2,28-17(18)25)13-8-11(4-6-14(13)21)27-16(29)15-7-5-12(30-3)9-26-15/h4-9H,10H2,1-3H3,(H2,25,28)(H,27,29)/t18-,19+/m0/s1. The lowest BCUT2D eigenvalue weighted by molar-refractivity contribution is -0.106. The molecular weight excluding hydrogens is 404 g/mol.